The van der Waals surface area contributed by atoms with E-state index < -0.39 is 17.7 Å². The maximum Gasteiger partial charge on any atom is 0.337 e. The van der Waals surface area contributed by atoms with Crippen molar-refractivity contribution in [3.05, 3.63) is 113 Å². The SMILES string of the molecule is COC(=O)c1ccc(NC(=O)c2cccc(-c3cc(C(=O)Nc4ccncc4F)ccc3CN)c2)cc1. The summed E-state index contributed by atoms with van der Waals surface area (Å²) in [5.41, 5.74) is 9.61. The van der Waals surface area contributed by atoms with Crippen LogP contribution in [0.5, 0.6) is 0 Å². The number of rotatable bonds is 7. The second kappa shape index (κ2) is 11.2. The van der Waals surface area contributed by atoms with E-state index in [2.05, 4.69) is 20.4 Å². The van der Waals surface area contributed by atoms with Crippen molar-refractivity contribution in [3.63, 3.8) is 0 Å². The molecule has 0 aliphatic rings. The van der Waals surface area contributed by atoms with Crippen LogP contribution in [0.15, 0.2) is 85.2 Å². The smallest absolute Gasteiger partial charge is 0.337 e. The van der Waals surface area contributed by atoms with Crippen LogP contribution in [0.25, 0.3) is 11.1 Å². The lowest BCUT2D eigenvalue weighted by Crippen LogP contribution is -2.14. The van der Waals surface area contributed by atoms with Gasteiger partial charge in [0.25, 0.3) is 11.8 Å². The van der Waals surface area contributed by atoms with Crippen LogP contribution >= 0.6 is 0 Å². The minimum absolute atomic E-state index is 0.0164. The molecule has 0 fully saturated rings. The number of benzene rings is 3. The number of carbonyl (C=O) groups excluding carboxylic acids is 3. The molecule has 0 saturated carbocycles. The second-order valence-electron chi connectivity index (χ2n) is 7.99. The number of nitrogens with zero attached hydrogens (tertiary/aromatic N) is 1. The highest BCUT2D eigenvalue weighted by molar-refractivity contribution is 6.06. The molecule has 4 N–H and O–H groups in total. The van der Waals surface area contributed by atoms with Gasteiger partial charge >= 0.3 is 5.97 Å². The van der Waals surface area contributed by atoms with E-state index in [-0.39, 0.29) is 18.1 Å². The zero-order valence-corrected chi connectivity index (χ0v) is 19.8. The predicted molar refractivity (Wildman–Crippen MR) is 138 cm³/mol. The van der Waals surface area contributed by atoms with E-state index in [0.29, 0.717) is 33.5 Å². The molecule has 1 aromatic heterocycles. The van der Waals surface area contributed by atoms with E-state index in [9.17, 15) is 18.8 Å². The summed E-state index contributed by atoms with van der Waals surface area (Å²) in [6.45, 7) is 0.208. The number of nitrogens with two attached hydrogens (primary N) is 1. The van der Waals surface area contributed by atoms with Gasteiger partial charge in [-0.15, -0.1) is 0 Å². The first kappa shape index (κ1) is 25.2. The van der Waals surface area contributed by atoms with Crippen LogP contribution in [0.3, 0.4) is 0 Å². The first-order valence-electron chi connectivity index (χ1n) is 11.2. The zero-order valence-electron chi connectivity index (χ0n) is 19.8. The van der Waals surface area contributed by atoms with Gasteiger partial charge in [0.1, 0.15) is 0 Å². The van der Waals surface area contributed by atoms with Crippen LogP contribution < -0.4 is 16.4 Å². The number of pyridine rings is 1. The number of nitrogens with one attached hydrogen (secondary N) is 2. The van der Waals surface area contributed by atoms with Gasteiger partial charge < -0.3 is 21.1 Å². The molecule has 37 heavy (non-hydrogen) atoms. The van der Waals surface area contributed by atoms with Gasteiger partial charge in [-0.3, -0.25) is 14.6 Å². The number of ether oxygens (including phenoxy) is 1. The summed E-state index contributed by atoms with van der Waals surface area (Å²) in [7, 11) is 1.30. The number of anilines is 2. The molecule has 0 unspecified atom stereocenters. The molecule has 2 amide bonds. The first-order chi connectivity index (χ1) is 17.9. The Hall–Kier alpha value is -4.89. The van der Waals surface area contributed by atoms with E-state index in [1.165, 1.54) is 19.4 Å². The number of carbonyl (C=O) groups is 3. The zero-order chi connectivity index (χ0) is 26.4. The number of aromatic nitrogens is 1. The Morgan fingerprint density at radius 2 is 1.59 bits per heavy atom. The normalized spacial score (nSPS) is 10.5. The largest absolute Gasteiger partial charge is 0.465 e. The molecule has 9 heteroatoms. The molecule has 0 aliphatic heterocycles. The summed E-state index contributed by atoms with van der Waals surface area (Å²) in [6, 6.07) is 19.6. The molecular weight excluding hydrogens is 475 g/mol. The first-order valence-corrected chi connectivity index (χ1v) is 11.2. The minimum atomic E-state index is -0.645. The number of methoxy groups -OCH3 is 1. The van der Waals surface area contributed by atoms with Crippen molar-refractivity contribution in [3.8, 4) is 11.1 Å². The van der Waals surface area contributed by atoms with Crippen LogP contribution in [0, 0.1) is 5.82 Å². The fourth-order valence-electron chi connectivity index (χ4n) is 3.67. The predicted octanol–water partition coefficient (Wildman–Crippen LogP) is 4.64. The van der Waals surface area contributed by atoms with Gasteiger partial charge in [0, 0.05) is 29.6 Å². The van der Waals surface area contributed by atoms with Crippen molar-refractivity contribution < 1.29 is 23.5 Å². The third-order valence-electron chi connectivity index (χ3n) is 5.61. The van der Waals surface area contributed by atoms with Crippen LogP contribution in [0.4, 0.5) is 15.8 Å². The lowest BCUT2D eigenvalue weighted by molar-refractivity contribution is 0.0600. The summed E-state index contributed by atoms with van der Waals surface area (Å²) < 4.78 is 18.6. The van der Waals surface area contributed by atoms with Gasteiger partial charge in [-0.25, -0.2) is 9.18 Å². The highest BCUT2D eigenvalue weighted by atomic mass is 19.1. The number of hydrogen-bond donors (Lipinski definition) is 3. The standard InChI is InChI=1S/C28H23FN4O4/c1-37-28(36)17-7-9-22(10-8-17)32-26(34)19-4-2-3-18(13-19)23-14-20(5-6-21(23)15-30)27(35)33-25-11-12-31-16-24(25)29/h2-14,16H,15,30H2,1H3,(H,32,34)(H,31,33,35). The van der Waals surface area contributed by atoms with Crippen molar-refractivity contribution in [1.82, 2.24) is 4.98 Å². The van der Waals surface area contributed by atoms with Crippen molar-refractivity contribution in [1.29, 1.82) is 0 Å². The van der Waals surface area contributed by atoms with Crippen LogP contribution in [-0.2, 0) is 11.3 Å². The third kappa shape index (κ3) is 5.85. The third-order valence-corrected chi connectivity index (χ3v) is 5.61. The maximum atomic E-state index is 13.9. The Kier molecular flexibility index (Phi) is 7.65. The number of esters is 1. The molecule has 186 valence electrons. The summed E-state index contributed by atoms with van der Waals surface area (Å²) in [6.07, 6.45) is 2.40. The average Bonchev–Trinajstić information content (AvgIpc) is 2.94. The quantitative estimate of drug-likeness (QED) is 0.319. The fourth-order valence-corrected chi connectivity index (χ4v) is 3.67. The Bertz CT molecular complexity index is 1470. The van der Waals surface area contributed by atoms with Crippen molar-refractivity contribution >= 4 is 29.2 Å². The molecule has 0 spiro atoms. The average molecular weight is 499 g/mol. The molecule has 0 aliphatic carbocycles. The van der Waals surface area contributed by atoms with Gasteiger partial charge in [-0.1, -0.05) is 18.2 Å². The lowest BCUT2D eigenvalue weighted by Gasteiger charge is -2.13. The van der Waals surface area contributed by atoms with Gasteiger partial charge in [0.2, 0.25) is 0 Å². The number of hydrogen-bond acceptors (Lipinski definition) is 6. The molecule has 0 atom stereocenters. The molecular formula is C28H23FN4O4. The maximum absolute atomic E-state index is 13.9. The van der Waals surface area contributed by atoms with Gasteiger partial charge in [-0.05, 0) is 71.3 Å². The van der Waals surface area contributed by atoms with Crippen molar-refractivity contribution in [2.75, 3.05) is 17.7 Å². The van der Waals surface area contributed by atoms with Crippen molar-refractivity contribution in [2.45, 2.75) is 6.54 Å². The summed E-state index contributed by atoms with van der Waals surface area (Å²) >= 11 is 0. The molecule has 3 aromatic carbocycles. The van der Waals surface area contributed by atoms with Crippen LogP contribution in [0.1, 0.15) is 36.6 Å². The number of amides is 2. The fraction of sp³-hybridized carbons (Fsp3) is 0.0714. The van der Waals surface area contributed by atoms with E-state index in [1.807, 2.05) is 0 Å². The molecule has 0 saturated heterocycles. The molecule has 0 bridgehead atoms. The van der Waals surface area contributed by atoms with E-state index in [4.69, 9.17) is 5.73 Å². The molecule has 8 nitrogen and oxygen atoms in total. The lowest BCUT2D eigenvalue weighted by atomic mass is 9.95. The number of halogens is 1. The summed E-state index contributed by atoms with van der Waals surface area (Å²) in [5.74, 6) is -1.97. The van der Waals surface area contributed by atoms with Gasteiger partial charge in [-0.2, -0.15) is 0 Å². The molecule has 0 radical (unpaired) electrons. The Labute approximate surface area is 212 Å². The van der Waals surface area contributed by atoms with E-state index in [1.54, 1.807) is 66.7 Å². The van der Waals surface area contributed by atoms with Crippen LogP contribution in [-0.4, -0.2) is 29.9 Å². The Balaban J connectivity index is 1.58. The van der Waals surface area contributed by atoms with Gasteiger partial charge in [0.15, 0.2) is 5.82 Å². The monoisotopic (exact) mass is 498 g/mol. The van der Waals surface area contributed by atoms with Crippen LogP contribution in [0.2, 0.25) is 0 Å². The molecule has 4 rings (SSSR count). The van der Waals surface area contributed by atoms with Crippen molar-refractivity contribution in [2.24, 2.45) is 5.73 Å². The molecule has 4 aromatic rings. The highest BCUT2D eigenvalue weighted by Gasteiger charge is 2.15. The van der Waals surface area contributed by atoms with E-state index in [0.717, 1.165) is 11.8 Å². The van der Waals surface area contributed by atoms with E-state index >= 15 is 0 Å². The summed E-state index contributed by atoms with van der Waals surface area (Å²) in [5, 5.41) is 5.33. The minimum Gasteiger partial charge on any atom is -0.465 e. The topological polar surface area (TPSA) is 123 Å². The Morgan fingerprint density at radius 3 is 2.30 bits per heavy atom. The van der Waals surface area contributed by atoms with Gasteiger partial charge in [0.05, 0.1) is 24.6 Å². The Morgan fingerprint density at radius 1 is 0.892 bits per heavy atom. The summed E-state index contributed by atoms with van der Waals surface area (Å²) in [4.78, 5) is 41.0. The molecule has 1 heterocycles. The highest BCUT2D eigenvalue weighted by Crippen LogP contribution is 2.27. The second-order valence-corrected chi connectivity index (χ2v) is 7.99.